The van der Waals surface area contributed by atoms with Crippen molar-refractivity contribution in [3.8, 4) is 5.75 Å². The third kappa shape index (κ3) is 7.87. The molecule has 2 rings (SSSR count). The van der Waals surface area contributed by atoms with Crippen LogP contribution in [-0.4, -0.2) is 56.1 Å². The van der Waals surface area contributed by atoms with Gasteiger partial charge in [0.05, 0.1) is 13.2 Å². The summed E-state index contributed by atoms with van der Waals surface area (Å²) in [6, 6.07) is 5.22. The molecule has 1 fully saturated rings. The molecule has 27 heavy (non-hydrogen) atoms. The van der Waals surface area contributed by atoms with Gasteiger partial charge in [-0.15, -0.1) is 24.0 Å². The maximum Gasteiger partial charge on any atom is 0.231 e. The van der Waals surface area contributed by atoms with Crippen molar-refractivity contribution in [1.29, 1.82) is 0 Å². The van der Waals surface area contributed by atoms with Crippen molar-refractivity contribution in [1.82, 2.24) is 15.5 Å². The molecule has 0 radical (unpaired) electrons. The summed E-state index contributed by atoms with van der Waals surface area (Å²) in [7, 11) is 1.70. The van der Waals surface area contributed by atoms with Gasteiger partial charge in [0.2, 0.25) is 5.91 Å². The number of nitrogens with two attached hydrogens (primary N) is 1. The van der Waals surface area contributed by atoms with E-state index in [2.05, 4.69) is 20.5 Å². The number of aliphatic imine (C=N–C) groups is 1. The predicted molar refractivity (Wildman–Crippen MR) is 115 cm³/mol. The molecule has 0 spiro atoms. The molecule has 1 saturated heterocycles. The van der Waals surface area contributed by atoms with Gasteiger partial charge in [-0.05, 0) is 37.5 Å². The number of piperidine rings is 1. The second kappa shape index (κ2) is 12.0. The van der Waals surface area contributed by atoms with Crippen LogP contribution in [0.5, 0.6) is 5.75 Å². The second-order valence-electron chi connectivity index (χ2n) is 6.28. The maximum absolute atomic E-state index is 13.9. The minimum atomic E-state index is -0.365. The van der Waals surface area contributed by atoms with Gasteiger partial charge in [0.15, 0.2) is 17.5 Å². The molecular formula is C18H29FIN5O2. The van der Waals surface area contributed by atoms with Crippen molar-refractivity contribution in [2.75, 3.05) is 33.3 Å². The quantitative estimate of drug-likeness (QED) is 0.304. The number of rotatable bonds is 7. The number of hydrogen-bond donors (Lipinski definition) is 3. The van der Waals surface area contributed by atoms with Gasteiger partial charge in [-0.1, -0.05) is 6.07 Å². The zero-order chi connectivity index (χ0) is 18.9. The SMILES string of the molecule is CCOc1ccc(CNC(=NC)NC2CCN(CC(N)=O)CC2)cc1F.I. The van der Waals surface area contributed by atoms with Gasteiger partial charge in [0, 0.05) is 32.7 Å². The highest BCUT2D eigenvalue weighted by Crippen LogP contribution is 2.18. The summed E-state index contributed by atoms with van der Waals surface area (Å²) in [4.78, 5) is 17.3. The summed E-state index contributed by atoms with van der Waals surface area (Å²) in [6.07, 6.45) is 1.82. The number of primary amides is 1. The van der Waals surface area contributed by atoms with Gasteiger partial charge in [-0.25, -0.2) is 4.39 Å². The van der Waals surface area contributed by atoms with Crippen molar-refractivity contribution >= 4 is 35.8 Å². The van der Waals surface area contributed by atoms with E-state index in [0.717, 1.165) is 31.5 Å². The van der Waals surface area contributed by atoms with Crippen LogP contribution in [0, 0.1) is 5.82 Å². The van der Waals surface area contributed by atoms with E-state index in [1.54, 1.807) is 13.1 Å². The number of likely N-dealkylation sites (tertiary alicyclic amines) is 1. The molecule has 7 nitrogen and oxygen atoms in total. The average Bonchev–Trinajstić information content (AvgIpc) is 2.62. The van der Waals surface area contributed by atoms with Crippen LogP contribution in [0.3, 0.4) is 0 Å². The summed E-state index contributed by atoms with van der Waals surface area (Å²) >= 11 is 0. The maximum atomic E-state index is 13.9. The van der Waals surface area contributed by atoms with Crippen LogP contribution in [0.4, 0.5) is 4.39 Å². The molecule has 1 heterocycles. The Hall–Kier alpha value is -1.62. The number of carbonyl (C=O) groups excluding carboxylic acids is 1. The Kier molecular flexibility index (Phi) is 10.4. The molecular weight excluding hydrogens is 464 g/mol. The van der Waals surface area contributed by atoms with Crippen molar-refractivity contribution in [2.24, 2.45) is 10.7 Å². The van der Waals surface area contributed by atoms with Crippen LogP contribution in [0.15, 0.2) is 23.2 Å². The van der Waals surface area contributed by atoms with E-state index in [1.807, 2.05) is 13.0 Å². The van der Waals surface area contributed by atoms with Crippen LogP contribution in [0.25, 0.3) is 0 Å². The first kappa shape index (κ1) is 23.4. The highest BCUT2D eigenvalue weighted by molar-refractivity contribution is 14.0. The molecule has 0 unspecified atom stereocenters. The van der Waals surface area contributed by atoms with Gasteiger partial charge in [0.25, 0.3) is 0 Å². The molecule has 1 aliphatic heterocycles. The number of nitrogens with zero attached hydrogens (tertiary/aromatic N) is 2. The van der Waals surface area contributed by atoms with E-state index in [9.17, 15) is 9.18 Å². The molecule has 0 bridgehead atoms. The molecule has 1 aliphatic rings. The standard InChI is InChI=1S/C18H28FN5O2.HI/c1-3-26-16-5-4-13(10-15(16)19)11-22-18(21-2)23-14-6-8-24(9-7-14)12-17(20)25;/h4-5,10,14H,3,6-9,11-12H2,1-2H3,(H2,20,25)(H2,21,22,23);1H. The molecule has 0 atom stereocenters. The largest absolute Gasteiger partial charge is 0.491 e. The Morgan fingerprint density at radius 3 is 2.67 bits per heavy atom. The summed E-state index contributed by atoms with van der Waals surface area (Å²) in [5.74, 6) is 0.279. The molecule has 1 amide bonds. The Labute approximate surface area is 176 Å². The molecule has 1 aromatic rings. The third-order valence-electron chi connectivity index (χ3n) is 4.29. The molecule has 1 aromatic carbocycles. The normalized spacial score (nSPS) is 15.7. The number of nitrogens with one attached hydrogen (secondary N) is 2. The van der Waals surface area contributed by atoms with E-state index in [1.165, 1.54) is 6.07 Å². The zero-order valence-corrected chi connectivity index (χ0v) is 18.2. The van der Waals surface area contributed by atoms with Crippen LogP contribution >= 0.6 is 24.0 Å². The third-order valence-corrected chi connectivity index (χ3v) is 4.29. The van der Waals surface area contributed by atoms with Crippen LogP contribution in [-0.2, 0) is 11.3 Å². The van der Waals surface area contributed by atoms with Crippen molar-refractivity contribution < 1.29 is 13.9 Å². The lowest BCUT2D eigenvalue weighted by atomic mass is 10.1. The molecule has 9 heteroatoms. The van der Waals surface area contributed by atoms with Gasteiger partial charge < -0.3 is 21.1 Å². The van der Waals surface area contributed by atoms with Crippen molar-refractivity contribution in [3.05, 3.63) is 29.6 Å². The lowest BCUT2D eigenvalue weighted by Gasteiger charge is -2.32. The highest BCUT2D eigenvalue weighted by atomic mass is 127. The molecule has 4 N–H and O–H groups in total. The lowest BCUT2D eigenvalue weighted by molar-refractivity contribution is -0.119. The predicted octanol–water partition coefficient (Wildman–Crippen LogP) is 1.46. The number of ether oxygens (including phenoxy) is 1. The lowest BCUT2D eigenvalue weighted by Crippen LogP contribution is -2.49. The van der Waals surface area contributed by atoms with E-state index in [0.29, 0.717) is 25.7 Å². The molecule has 0 aliphatic carbocycles. The van der Waals surface area contributed by atoms with Gasteiger partial charge in [-0.3, -0.25) is 14.7 Å². The zero-order valence-electron chi connectivity index (χ0n) is 15.8. The average molecular weight is 493 g/mol. The van der Waals surface area contributed by atoms with Gasteiger partial charge in [0.1, 0.15) is 0 Å². The topological polar surface area (TPSA) is 92.0 Å². The summed E-state index contributed by atoms with van der Waals surface area (Å²) in [5.41, 5.74) is 6.04. The van der Waals surface area contributed by atoms with Gasteiger partial charge in [-0.2, -0.15) is 0 Å². The molecule has 152 valence electrons. The number of guanidine groups is 1. The fourth-order valence-corrected chi connectivity index (χ4v) is 2.96. The summed E-state index contributed by atoms with van der Waals surface area (Å²) in [5, 5.41) is 6.57. The Bertz CT molecular complexity index is 636. The number of benzene rings is 1. The van der Waals surface area contributed by atoms with Crippen molar-refractivity contribution in [3.63, 3.8) is 0 Å². The fourth-order valence-electron chi connectivity index (χ4n) is 2.96. The minimum absolute atomic E-state index is 0. The van der Waals surface area contributed by atoms with E-state index < -0.39 is 0 Å². The number of hydrogen-bond acceptors (Lipinski definition) is 4. The smallest absolute Gasteiger partial charge is 0.231 e. The van der Waals surface area contributed by atoms with E-state index in [4.69, 9.17) is 10.5 Å². The summed E-state index contributed by atoms with van der Waals surface area (Å²) in [6.45, 7) is 4.67. The fraction of sp³-hybridized carbons (Fsp3) is 0.556. The first-order valence-electron chi connectivity index (χ1n) is 8.91. The number of halogens is 2. The molecule has 0 saturated carbocycles. The first-order valence-corrected chi connectivity index (χ1v) is 8.91. The van der Waals surface area contributed by atoms with E-state index in [-0.39, 0.29) is 47.5 Å². The minimum Gasteiger partial charge on any atom is -0.491 e. The Morgan fingerprint density at radius 1 is 1.41 bits per heavy atom. The van der Waals surface area contributed by atoms with Crippen LogP contribution in [0.1, 0.15) is 25.3 Å². The monoisotopic (exact) mass is 493 g/mol. The van der Waals surface area contributed by atoms with Crippen LogP contribution in [0.2, 0.25) is 0 Å². The van der Waals surface area contributed by atoms with Crippen molar-refractivity contribution in [2.45, 2.75) is 32.4 Å². The Balaban J connectivity index is 0.00000364. The number of amides is 1. The summed E-state index contributed by atoms with van der Waals surface area (Å²) < 4.78 is 19.1. The van der Waals surface area contributed by atoms with Gasteiger partial charge >= 0.3 is 0 Å². The second-order valence-corrected chi connectivity index (χ2v) is 6.28. The molecule has 0 aromatic heterocycles. The Morgan fingerprint density at radius 2 is 2.11 bits per heavy atom. The highest BCUT2D eigenvalue weighted by Gasteiger charge is 2.20. The van der Waals surface area contributed by atoms with Crippen LogP contribution < -0.4 is 21.1 Å². The number of carbonyl (C=O) groups is 1. The first-order chi connectivity index (χ1) is 12.5. The van der Waals surface area contributed by atoms with E-state index >= 15 is 0 Å².